The third kappa shape index (κ3) is 2.50. The van der Waals surface area contributed by atoms with Gasteiger partial charge in [0.1, 0.15) is 18.2 Å². The van der Waals surface area contributed by atoms with Crippen LogP contribution >= 0.6 is 0 Å². The molecule has 2 aromatic heterocycles. The van der Waals surface area contributed by atoms with Gasteiger partial charge < -0.3 is 10.5 Å². The predicted molar refractivity (Wildman–Crippen MR) is 79.2 cm³/mol. The molecule has 3 rings (SSSR count). The van der Waals surface area contributed by atoms with Crippen molar-refractivity contribution in [2.75, 3.05) is 0 Å². The van der Waals surface area contributed by atoms with Crippen molar-refractivity contribution in [3.8, 4) is 5.75 Å². The molecule has 22 heavy (non-hydrogen) atoms. The van der Waals surface area contributed by atoms with Crippen molar-refractivity contribution in [3.05, 3.63) is 65.2 Å². The van der Waals surface area contributed by atoms with Crippen LogP contribution in [0.1, 0.15) is 21.6 Å². The first-order chi connectivity index (χ1) is 10.6. The number of primary amides is 1. The number of benzene rings is 1. The lowest BCUT2D eigenvalue weighted by molar-refractivity contribution is 0.100. The number of aryl methyl sites for hydroxylation is 1. The molecule has 112 valence electrons. The molecule has 0 radical (unpaired) electrons. The first kappa shape index (κ1) is 14.1. The van der Waals surface area contributed by atoms with Crippen LogP contribution in [-0.4, -0.2) is 15.5 Å². The molecule has 3 aromatic rings. The predicted octanol–water partition coefficient (Wildman–Crippen LogP) is 2.46. The van der Waals surface area contributed by atoms with Gasteiger partial charge in [0.05, 0.1) is 16.8 Å². The number of carbonyl (C=O) groups is 1. The second-order valence-electron chi connectivity index (χ2n) is 4.90. The number of hydrogen-bond donors (Lipinski definition) is 1. The van der Waals surface area contributed by atoms with Crippen molar-refractivity contribution in [2.24, 2.45) is 5.73 Å². The summed E-state index contributed by atoms with van der Waals surface area (Å²) in [4.78, 5) is 11.5. The van der Waals surface area contributed by atoms with Gasteiger partial charge >= 0.3 is 0 Å². The summed E-state index contributed by atoms with van der Waals surface area (Å²) in [6.45, 7) is 1.81. The van der Waals surface area contributed by atoms with Gasteiger partial charge in [0, 0.05) is 17.8 Å². The van der Waals surface area contributed by atoms with Gasteiger partial charge in [-0.25, -0.2) is 8.91 Å². The number of rotatable bonds is 4. The molecule has 2 heterocycles. The summed E-state index contributed by atoms with van der Waals surface area (Å²) in [6.07, 6.45) is 1.67. The maximum Gasteiger partial charge on any atom is 0.252 e. The fraction of sp³-hybridized carbons (Fsp3) is 0.125. The van der Waals surface area contributed by atoms with E-state index >= 15 is 0 Å². The van der Waals surface area contributed by atoms with E-state index in [1.807, 2.05) is 0 Å². The zero-order chi connectivity index (χ0) is 15.7. The Bertz CT molecular complexity index is 858. The number of aromatic nitrogens is 2. The number of nitrogens with zero attached hydrogens (tertiary/aromatic N) is 2. The van der Waals surface area contributed by atoms with Crippen LogP contribution in [0.5, 0.6) is 5.75 Å². The number of ether oxygens (including phenoxy) is 1. The van der Waals surface area contributed by atoms with E-state index in [9.17, 15) is 9.18 Å². The molecule has 0 spiro atoms. The molecule has 0 fully saturated rings. The van der Waals surface area contributed by atoms with E-state index in [2.05, 4.69) is 5.10 Å². The molecule has 6 heteroatoms. The Morgan fingerprint density at radius 1 is 1.36 bits per heavy atom. The average molecular weight is 299 g/mol. The second-order valence-corrected chi connectivity index (χ2v) is 4.90. The molecule has 0 aliphatic heterocycles. The second kappa shape index (κ2) is 5.48. The summed E-state index contributed by atoms with van der Waals surface area (Å²) in [5, 5.41) is 4.21. The first-order valence-corrected chi connectivity index (χ1v) is 6.71. The molecule has 5 nitrogen and oxygen atoms in total. The molecule has 0 unspecified atom stereocenters. The Balaban J connectivity index is 1.90. The summed E-state index contributed by atoms with van der Waals surface area (Å²) in [5.74, 6) is -0.349. The van der Waals surface area contributed by atoms with Crippen molar-refractivity contribution in [2.45, 2.75) is 13.5 Å². The number of fused-ring (bicyclic) bond motifs is 1. The van der Waals surface area contributed by atoms with E-state index in [1.54, 1.807) is 48.0 Å². The van der Waals surface area contributed by atoms with Crippen LogP contribution in [0, 0.1) is 12.7 Å². The van der Waals surface area contributed by atoms with Crippen LogP contribution < -0.4 is 10.5 Å². The molecular formula is C16H14FN3O2. The molecular weight excluding hydrogens is 285 g/mol. The molecule has 0 bridgehead atoms. The largest absolute Gasteiger partial charge is 0.489 e. The van der Waals surface area contributed by atoms with Gasteiger partial charge in [0.25, 0.3) is 5.91 Å². The number of hydrogen-bond acceptors (Lipinski definition) is 3. The molecule has 1 amide bonds. The van der Waals surface area contributed by atoms with Gasteiger partial charge in [-0.15, -0.1) is 0 Å². The van der Waals surface area contributed by atoms with Crippen LogP contribution in [0.15, 0.2) is 42.6 Å². The third-order valence-corrected chi connectivity index (χ3v) is 3.38. The van der Waals surface area contributed by atoms with Gasteiger partial charge in [0.2, 0.25) is 0 Å². The molecule has 0 aliphatic rings. The summed E-state index contributed by atoms with van der Waals surface area (Å²) in [6, 6.07) is 9.78. The number of pyridine rings is 1. The van der Waals surface area contributed by atoms with Crippen LogP contribution in [0.4, 0.5) is 4.39 Å². The molecule has 0 saturated carbocycles. The van der Waals surface area contributed by atoms with Crippen molar-refractivity contribution >= 4 is 11.4 Å². The highest BCUT2D eigenvalue weighted by molar-refractivity contribution is 6.01. The van der Waals surface area contributed by atoms with E-state index in [0.717, 1.165) is 0 Å². The Morgan fingerprint density at radius 2 is 2.14 bits per heavy atom. The van der Waals surface area contributed by atoms with E-state index in [1.165, 1.54) is 6.07 Å². The highest BCUT2D eigenvalue weighted by Gasteiger charge is 2.15. The quantitative estimate of drug-likeness (QED) is 0.804. The number of carbonyl (C=O) groups excluding carboxylic acids is 1. The minimum absolute atomic E-state index is 0.0991. The zero-order valence-corrected chi connectivity index (χ0v) is 11.9. The van der Waals surface area contributed by atoms with Gasteiger partial charge in [-0.05, 0) is 19.1 Å². The SMILES string of the molecule is Cc1nn2ccc(OCc3ccccc3F)cc2c1C(N)=O. The Hall–Kier alpha value is -2.89. The monoisotopic (exact) mass is 299 g/mol. The van der Waals surface area contributed by atoms with Gasteiger partial charge in [-0.3, -0.25) is 4.79 Å². The summed E-state index contributed by atoms with van der Waals surface area (Å²) in [7, 11) is 0. The van der Waals surface area contributed by atoms with E-state index in [4.69, 9.17) is 10.5 Å². The van der Waals surface area contributed by atoms with Gasteiger partial charge in [0.15, 0.2) is 0 Å². The van der Waals surface area contributed by atoms with Crippen LogP contribution in [0.25, 0.3) is 5.52 Å². The highest BCUT2D eigenvalue weighted by atomic mass is 19.1. The fourth-order valence-electron chi connectivity index (χ4n) is 2.32. The Morgan fingerprint density at radius 3 is 2.86 bits per heavy atom. The van der Waals surface area contributed by atoms with E-state index in [-0.39, 0.29) is 12.4 Å². The van der Waals surface area contributed by atoms with E-state index < -0.39 is 5.91 Å². The van der Waals surface area contributed by atoms with Crippen molar-refractivity contribution < 1.29 is 13.9 Å². The van der Waals surface area contributed by atoms with Gasteiger partial charge in [-0.2, -0.15) is 5.10 Å². The van der Waals surface area contributed by atoms with Crippen LogP contribution in [0.2, 0.25) is 0 Å². The molecule has 0 aliphatic carbocycles. The highest BCUT2D eigenvalue weighted by Crippen LogP contribution is 2.21. The standard InChI is InChI=1S/C16H14FN3O2/c1-10-15(16(18)21)14-8-12(6-7-20(14)19-10)22-9-11-4-2-3-5-13(11)17/h2-8H,9H2,1H3,(H2,18,21). The summed E-state index contributed by atoms with van der Waals surface area (Å²) in [5.41, 5.74) is 7.32. The van der Waals surface area contributed by atoms with Crippen molar-refractivity contribution in [1.82, 2.24) is 9.61 Å². The summed E-state index contributed by atoms with van der Waals surface area (Å²) >= 11 is 0. The van der Waals surface area contributed by atoms with Gasteiger partial charge in [-0.1, -0.05) is 18.2 Å². The third-order valence-electron chi connectivity index (χ3n) is 3.38. The first-order valence-electron chi connectivity index (χ1n) is 6.71. The fourth-order valence-corrected chi connectivity index (χ4v) is 2.32. The normalized spacial score (nSPS) is 10.8. The smallest absolute Gasteiger partial charge is 0.252 e. The average Bonchev–Trinajstić information content (AvgIpc) is 2.81. The van der Waals surface area contributed by atoms with Crippen LogP contribution in [0.3, 0.4) is 0 Å². The maximum absolute atomic E-state index is 13.6. The molecule has 0 atom stereocenters. The van der Waals surface area contributed by atoms with E-state index in [0.29, 0.717) is 28.1 Å². The lowest BCUT2D eigenvalue weighted by Crippen LogP contribution is -2.11. The minimum Gasteiger partial charge on any atom is -0.489 e. The number of nitrogens with two attached hydrogens (primary N) is 1. The van der Waals surface area contributed by atoms with Crippen LogP contribution in [-0.2, 0) is 6.61 Å². The van der Waals surface area contributed by atoms with Crippen molar-refractivity contribution in [1.29, 1.82) is 0 Å². The lowest BCUT2D eigenvalue weighted by Gasteiger charge is -2.07. The topological polar surface area (TPSA) is 69.6 Å². The Labute approximate surface area is 126 Å². The van der Waals surface area contributed by atoms with Crippen molar-refractivity contribution in [3.63, 3.8) is 0 Å². The molecule has 2 N–H and O–H groups in total. The maximum atomic E-state index is 13.6. The summed E-state index contributed by atoms with van der Waals surface area (Å²) < 4.78 is 20.7. The Kier molecular flexibility index (Phi) is 3.50. The lowest BCUT2D eigenvalue weighted by atomic mass is 10.2. The minimum atomic E-state index is -0.543. The zero-order valence-electron chi connectivity index (χ0n) is 11.9. The number of halogens is 1. The molecule has 0 saturated heterocycles. The molecule has 1 aromatic carbocycles. The number of amides is 1.